The van der Waals surface area contributed by atoms with Gasteiger partial charge in [-0.15, -0.1) is 0 Å². The molecule has 0 spiro atoms. The molecule has 5 rings (SSSR count). The fourth-order valence-electron chi connectivity index (χ4n) is 4.60. The Hall–Kier alpha value is -2.73. The number of thioether (sulfide) groups is 1. The number of rotatable bonds is 7. The largest absolute Gasteiger partial charge is 0.378 e. The van der Waals surface area contributed by atoms with Crippen LogP contribution in [-0.2, 0) is 14.3 Å². The predicted molar refractivity (Wildman–Crippen MR) is 157 cm³/mol. The van der Waals surface area contributed by atoms with Crippen LogP contribution in [0.1, 0.15) is 31.2 Å². The van der Waals surface area contributed by atoms with E-state index in [1.54, 1.807) is 23.1 Å². The zero-order valence-electron chi connectivity index (χ0n) is 22.2. The number of carbonyl (C=O) groups excluding carboxylic acids is 1. The van der Waals surface area contributed by atoms with Crippen LogP contribution in [0.15, 0.2) is 34.2 Å². The Morgan fingerprint density at radius 2 is 1.79 bits per heavy atom. The summed E-state index contributed by atoms with van der Waals surface area (Å²) in [6, 6.07) is 8.67. The van der Waals surface area contributed by atoms with E-state index in [1.165, 1.54) is 12.6 Å². The van der Waals surface area contributed by atoms with E-state index in [2.05, 4.69) is 63.9 Å². The number of benzene rings is 1. The molecule has 1 N–H and O–H groups in total. The Labute approximate surface area is 232 Å². The first-order valence-corrected chi connectivity index (χ1v) is 14.8. The van der Waals surface area contributed by atoms with Gasteiger partial charge in [0, 0.05) is 50.6 Å². The van der Waals surface area contributed by atoms with E-state index in [0.29, 0.717) is 32.2 Å². The van der Waals surface area contributed by atoms with Gasteiger partial charge in [0.05, 0.1) is 31.3 Å². The van der Waals surface area contributed by atoms with E-state index >= 15 is 0 Å². The van der Waals surface area contributed by atoms with E-state index in [1.807, 2.05) is 0 Å². The van der Waals surface area contributed by atoms with Gasteiger partial charge >= 0.3 is 5.17 Å². The van der Waals surface area contributed by atoms with Gasteiger partial charge in [0.25, 0.3) is 0 Å². The minimum atomic E-state index is -0.147. The quantitative estimate of drug-likeness (QED) is 0.521. The van der Waals surface area contributed by atoms with Gasteiger partial charge in [-0.1, -0.05) is 23.5 Å². The molecule has 0 aliphatic carbocycles. The number of anilines is 3. The number of amides is 1. The fraction of sp³-hybridized carbons (Fsp3) is 0.481. The van der Waals surface area contributed by atoms with Crippen LogP contribution in [0.25, 0.3) is 6.08 Å². The third-order valence-corrected chi connectivity index (χ3v) is 8.84. The highest BCUT2D eigenvalue weighted by atomic mass is 32.2. The average Bonchev–Trinajstić information content (AvgIpc) is 3.55. The van der Waals surface area contributed by atoms with Gasteiger partial charge in [-0.05, 0) is 42.6 Å². The van der Waals surface area contributed by atoms with Crippen LogP contribution in [0.3, 0.4) is 0 Å². The first kappa shape index (κ1) is 26.9. The number of nitrogens with zero attached hydrogens (tertiary/aromatic N) is 5. The van der Waals surface area contributed by atoms with Crippen molar-refractivity contribution in [3.05, 3.63) is 39.6 Å². The summed E-state index contributed by atoms with van der Waals surface area (Å²) in [5.74, 6) is 0.417. The Morgan fingerprint density at radius 3 is 2.45 bits per heavy atom. The number of aliphatic imine (C=N–C) groups is 1. The van der Waals surface area contributed by atoms with Gasteiger partial charge in [-0.2, -0.15) is 0 Å². The summed E-state index contributed by atoms with van der Waals surface area (Å²) in [5, 5.41) is 4.80. The maximum Gasteiger partial charge on any atom is 0.360 e. The van der Waals surface area contributed by atoms with Crippen LogP contribution < -0.4 is 15.1 Å². The molecule has 3 aliphatic rings. The maximum absolute atomic E-state index is 12.1. The lowest BCUT2D eigenvalue weighted by Crippen LogP contribution is -2.36. The van der Waals surface area contributed by atoms with Crippen molar-refractivity contribution in [1.29, 1.82) is 0 Å². The number of morpholine rings is 2. The lowest BCUT2D eigenvalue weighted by atomic mass is 10.1. The summed E-state index contributed by atoms with van der Waals surface area (Å²) in [4.78, 5) is 28.6. The summed E-state index contributed by atoms with van der Waals surface area (Å²) in [6.07, 6.45) is 2.19. The molecule has 38 heavy (non-hydrogen) atoms. The summed E-state index contributed by atoms with van der Waals surface area (Å²) in [6.45, 7) is 13.7. The Morgan fingerprint density at radius 1 is 1.11 bits per heavy atom. The standard InChI is InChI=1S/C27H34N6O3S2/c1-4-31(5-2)21-8-6-20(7-9-21)18-22-23(29-26(37-22)32-10-14-35-15-11-32)24-25(28-19(3)34)30-27(38-24)33-12-16-36-17-13-33/h6-9,18H,4-5,10-17H2,1-3H3/p+1. The Bertz CT molecular complexity index is 1240. The zero-order chi connectivity index (χ0) is 26.5. The van der Waals surface area contributed by atoms with Crippen LogP contribution in [0, 0.1) is 0 Å². The summed E-state index contributed by atoms with van der Waals surface area (Å²) in [7, 11) is 0. The molecule has 3 aliphatic heterocycles. The molecular weight excluding hydrogens is 520 g/mol. The van der Waals surface area contributed by atoms with E-state index in [-0.39, 0.29) is 5.91 Å². The third-order valence-electron chi connectivity index (χ3n) is 6.65. The molecule has 2 fully saturated rings. The number of hydrogen-bond donors (Lipinski definition) is 1. The highest BCUT2D eigenvalue weighted by Gasteiger charge is 2.36. The zero-order valence-corrected chi connectivity index (χ0v) is 23.9. The van der Waals surface area contributed by atoms with Crippen molar-refractivity contribution in [2.24, 2.45) is 4.99 Å². The predicted octanol–water partition coefficient (Wildman–Crippen LogP) is 3.76. The minimum Gasteiger partial charge on any atom is -0.378 e. The lowest BCUT2D eigenvalue weighted by molar-refractivity contribution is -0.547. The second-order valence-electron chi connectivity index (χ2n) is 9.17. The lowest BCUT2D eigenvalue weighted by Gasteiger charge is -2.25. The van der Waals surface area contributed by atoms with E-state index < -0.39 is 0 Å². The molecule has 11 heteroatoms. The summed E-state index contributed by atoms with van der Waals surface area (Å²) >= 11 is 3.25. The van der Waals surface area contributed by atoms with Crippen LogP contribution >= 0.6 is 23.1 Å². The van der Waals surface area contributed by atoms with Crippen molar-refractivity contribution in [2.45, 2.75) is 20.8 Å². The summed E-state index contributed by atoms with van der Waals surface area (Å²) in [5.41, 5.74) is 3.18. The van der Waals surface area contributed by atoms with Crippen molar-refractivity contribution in [2.75, 3.05) is 80.8 Å². The molecule has 1 aromatic heterocycles. The van der Waals surface area contributed by atoms with Gasteiger partial charge in [-0.25, -0.2) is 9.56 Å². The van der Waals surface area contributed by atoms with Gasteiger partial charge in [0.2, 0.25) is 11.6 Å². The number of aromatic nitrogens is 1. The van der Waals surface area contributed by atoms with Crippen molar-refractivity contribution < 1.29 is 18.8 Å². The second kappa shape index (κ2) is 12.4. The highest BCUT2D eigenvalue weighted by molar-refractivity contribution is 8.18. The third kappa shape index (κ3) is 6.12. The maximum atomic E-state index is 12.1. The minimum absolute atomic E-state index is 0.147. The smallest absolute Gasteiger partial charge is 0.360 e. The second-order valence-corrected chi connectivity index (χ2v) is 11.2. The van der Waals surface area contributed by atoms with E-state index in [4.69, 9.17) is 19.5 Å². The SMILES string of the molecule is CCN(CC)c1ccc(C=C2SC(=[N+]3CCOCC3)N=C2c2sc(N3CCOCC3)nc2NC(C)=O)cc1. The normalized spacial score (nSPS) is 19.2. The molecule has 0 saturated carbocycles. The Balaban J connectivity index is 1.55. The molecule has 0 atom stereocenters. The molecule has 1 aromatic carbocycles. The summed E-state index contributed by atoms with van der Waals surface area (Å²) < 4.78 is 13.4. The van der Waals surface area contributed by atoms with Crippen LogP contribution in [0.5, 0.6) is 0 Å². The van der Waals surface area contributed by atoms with Crippen molar-refractivity contribution in [3.63, 3.8) is 0 Å². The van der Waals surface area contributed by atoms with Gasteiger partial charge in [0.15, 0.2) is 10.9 Å². The molecule has 4 heterocycles. The molecule has 1 amide bonds. The number of thiazole rings is 1. The average molecular weight is 556 g/mol. The molecule has 2 saturated heterocycles. The number of nitrogens with one attached hydrogen (secondary N) is 1. The first-order chi connectivity index (χ1) is 18.6. The number of carbonyl (C=O) groups is 1. The molecule has 0 bridgehead atoms. The van der Waals surface area contributed by atoms with Crippen molar-refractivity contribution >= 4 is 62.6 Å². The fourth-order valence-corrected chi connectivity index (χ4v) is 6.83. The first-order valence-electron chi connectivity index (χ1n) is 13.2. The van der Waals surface area contributed by atoms with Crippen molar-refractivity contribution in [3.8, 4) is 0 Å². The molecule has 202 valence electrons. The van der Waals surface area contributed by atoms with Crippen LogP contribution in [0.4, 0.5) is 16.6 Å². The van der Waals surface area contributed by atoms with Crippen LogP contribution in [0.2, 0.25) is 0 Å². The Kier molecular flexibility index (Phi) is 8.78. The van der Waals surface area contributed by atoms with E-state index in [9.17, 15) is 4.79 Å². The molecule has 9 nitrogen and oxygen atoms in total. The molecule has 2 aromatic rings. The number of ether oxygens (including phenoxy) is 2. The van der Waals surface area contributed by atoms with E-state index in [0.717, 1.165) is 70.6 Å². The molecule has 0 radical (unpaired) electrons. The molecular formula is C27H35N6O3S2+. The molecule has 0 unspecified atom stereocenters. The highest BCUT2D eigenvalue weighted by Crippen LogP contribution is 2.39. The van der Waals surface area contributed by atoms with Gasteiger partial charge in [0.1, 0.15) is 18.0 Å². The number of allylic oxidation sites excluding steroid dienone is 1. The topological polar surface area (TPSA) is 82.3 Å². The van der Waals surface area contributed by atoms with Crippen LogP contribution in [-0.4, -0.2) is 92.0 Å². The monoisotopic (exact) mass is 555 g/mol. The number of amidine groups is 1. The number of hydrogen-bond acceptors (Lipinski definition) is 8. The van der Waals surface area contributed by atoms with Crippen molar-refractivity contribution in [1.82, 2.24) is 4.98 Å². The van der Waals surface area contributed by atoms with Gasteiger partial charge < -0.3 is 24.6 Å². The van der Waals surface area contributed by atoms with Gasteiger partial charge in [-0.3, -0.25) is 4.79 Å².